The van der Waals surface area contributed by atoms with Gasteiger partial charge in [0.15, 0.2) is 0 Å². The average molecular weight is 630 g/mol. The lowest BCUT2D eigenvalue weighted by Crippen LogP contribution is -2.30. The third kappa shape index (κ3) is 6.77. The maximum atomic E-state index is 14.1. The molecule has 9 nitrogen and oxygen atoms in total. The summed E-state index contributed by atoms with van der Waals surface area (Å²) in [7, 11) is 3.15. The highest BCUT2D eigenvalue weighted by Crippen LogP contribution is 2.29. The molecule has 5 rings (SSSR count). The van der Waals surface area contributed by atoms with Crippen LogP contribution in [0.1, 0.15) is 46.5 Å². The summed E-state index contributed by atoms with van der Waals surface area (Å²) in [5.41, 5.74) is 4.53. The van der Waals surface area contributed by atoms with Crippen LogP contribution in [-0.4, -0.2) is 34.0 Å². The van der Waals surface area contributed by atoms with E-state index in [4.69, 9.17) is 31.7 Å². The number of imidazole rings is 1. The standard InChI is InChI=1S/C34H33ClFN5O4/c1-21-33(35)41(20-38-21)30-14-9-26(16-31(30)44-4)32(39-37)29-15-24(19-45-18-23-5-12-28(43-3)13-6-23)17-40(34(29)42)22(2)25-7-10-27(36)11-8-25/h5-17,20,22H,18-19,37H2,1-4H3/b39-32+/t22-/m0/s1. The fraction of sp³-hybridized carbons (Fsp3) is 0.206. The van der Waals surface area contributed by atoms with E-state index in [1.807, 2.05) is 38.1 Å². The van der Waals surface area contributed by atoms with E-state index in [0.29, 0.717) is 34.5 Å². The Morgan fingerprint density at radius 1 is 1.00 bits per heavy atom. The van der Waals surface area contributed by atoms with Gasteiger partial charge in [0, 0.05) is 11.8 Å². The van der Waals surface area contributed by atoms with Gasteiger partial charge in [0.2, 0.25) is 0 Å². The zero-order chi connectivity index (χ0) is 32.1. The first-order valence-corrected chi connectivity index (χ1v) is 14.5. The smallest absolute Gasteiger partial charge is 0.260 e. The van der Waals surface area contributed by atoms with Crippen LogP contribution < -0.4 is 20.9 Å². The molecule has 0 amide bonds. The third-order valence-corrected chi connectivity index (χ3v) is 8.00. The van der Waals surface area contributed by atoms with E-state index in [9.17, 15) is 9.18 Å². The quantitative estimate of drug-likeness (QED) is 0.106. The molecule has 11 heteroatoms. The second-order valence-electron chi connectivity index (χ2n) is 10.4. The molecule has 232 valence electrons. The lowest BCUT2D eigenvalue weighted by molar-refractivity contribution is 0.106. The van der Waals surface area contributed by atoms with Crippen molar-refractivity contribution in [1.82, 2.24) is 14.1 Å². The molecule has 5 aromatic rings. The van der Waals surface area contributed by atoms with Crippen molar-refractivity contribution in [1.29, 1.82) is 0 Å². The fourth-order valence-electron chi connectivity index (χ4n) is 5.02. The molecule has 0 saturated heterocycles. The predicted octanol–water partition coefficient (Wildman–Crippen LogP) is 6.19. The molecule has 1 atom stereocenters. The van der Waals surface area contributed by atoms with E-state index in [-0.39, 0.29) is 29.3 Å². The molecule has 0 unspecified atom stereocenters. The minimum atomic E-state index is -0.430. The van der Waals surface area contributed by atoms with Gasteiger partial charge in [-0.1, -0.05) is 41.9 Å². The van der Waals surface area contributed by atoms with Crippen LogP contribution in [-0.2, 0) is 18.0 Å². The number of benzene rings is 3. The summed E-state index contributed by atoms with van der Waals surface area (Å²) in [6.45, 7) is 4.23. The van der Waals surface area contributed by atoms with E-state index < -0.39 is 6.04 Å². The fourth-order valence-corrected chi connectivity index (χ4v) is 5.20. The van der Waals surface area contributed by atoms with Crippen LogP contribution >= 0.6 is 11.6 Å². The number of methoxy groups -OCH3 is 2. The summed E-state index contributed by atoms with van der Waals surface area (Å²) in [5.74, 6) is 6.83. The first kappa shape index (κ1) is 31.5. The SMILES string of the molecule is COc1ccc(COCc2cc(/C(=N/N)c3ccc(-n4cnc(C)c4Cl)c(OC)c3)c(=O)n([C@@H](C)c3ccc(F)cc3)c2)cc1. The van der Waals surface area contributed by atoms with Gasteiger partial charge in [-0.3, -0.25) is 9.36 Å². The van der Waals surface area contributed by atoms with Crippen LogP contribution in [0.15, 0.2) is 95.2 Å². The van der Waals surface area contributed by atoms with E-state index in [0.717, 1.165) is 22.4 Å². The lowest BCUT2D eigenvalue weighted by Gasteiger charge is -2.20. The van der Waals surface area contributed by atoms with Crippen LogP contribution in [0.5, 0.6) is 11.5 Å². The maximum Gasteiger partial charge on any atom is 0.260 e. The number of hydrazone groups is 1. The molecule has 0 saturated carbocycles. The van der Waals surface area contributed by atoms with Crippen LogP contribution in [0, 0.1) is 12.7 Å². The Morgan fingerprint density at radius 2 is 1.71 bits per heavy atom. The molecule has 0 bridgehead atoms. The summed E-state index contributed by atoms with van der Waals surface area (Å²) in [6.07, 6.45) is 3.35. The highest BCUT2D eigenvalue weighted by Gasteiger charge is 2.21. The second-order valence-corrected chi connectivity index (χ2v) is 10.8. The predicted molar refractivity (Wildman–Crippen MR) is 172 cm³/mol. The number of halogens is 2. The summed E-state index contributed by atoms with van der Waals surface area (Å²) in [4.78, 5) is 18.3. The van der Waals surface area contributed by atoms with Crippen molar-refractivity contribution >= 4 is 17.3 Å². The number of hydrogen-bond donors (Lipinski definition) is 1. The molecule has 0 fully saturated rings. The maximum absolute atomic E-state index is 14.1. The van der Waals surface area contributed by atoms with E-state index >= 15 is 0 Å². The van der Waals surface area contributed by atoms with Crippen molar-refractivity contribution in [3.05, 3.63) is 140 Å². The number of nitrogens with zero attached hydrogens (tertiary/aromatic N) is 4. The Labute approximate surface area is 265 Å². The summed E-state index contributed by atoms with van der Waals surface area (Å²) in [6, 6.07) is 20.3. The Bertz CT molecular complexity index is 1880. The van der Waals surface area contributed by atoms with E-state index in [1.165, 1.54) is 19.2 Å². The first-order chi connectivity index (χ1) is 21.7. The monoisotopic (exact) mass is 629 g/mol. The molecular weight excluding hydrogens is 597 g/mol. The van der Waals surface area contributed by atoms with Crippen molar-refractivity contribution in [3.8, 4) is 17.2 Å². The summed E-state index contributed by atoms with van der Waals surface area (Å²) in [5, 5.41) is 4.51. The highest BCUT2D eigenvalue weighted by molar-refractivity contribution is 6.30. The number of pyridine rings is 1. The molecule has 2 N–H and O–H groups in total. The van der Waals surface area contributed by atoms with Crippen molar-refractivity contribution in [2.75, 3.05) is 14.2 Å². The number of rotatable bonds is 11. The minimum Gasteiger partial charge on any atom is -0.497 e. The lowest BCUT2D eigenvalue weighted by atomic mass is 10.0. The van der Waals surface area contributed by atoms with Crippen LogP contribution in [0.4, 0.5) is 4.39 Å². The normalized spacial score (nSPS) is 12.3. The van der Waals surface area contributed by atoms with Crippen molar-refractivity contribution < 1.29 is 18.6 Å². The summed E-state index contributed by atoms with van der Waals surface area (Å²) >= 11 is 6.46. The number of nitrogens with two attached hydrogens (primary N) is 1. The zero-order valence-corrected chi connectivity index (χ0v) is 26.1. The molecule has 3 aromatic carbocycles. The van der Waals surface area contributed by atoms with Crippen molar-refractivity contribution in [2.24, 2.45) is 10.9 Å². The Morgan fingerprint density at radius 3 is 2.33 bits per heavy atom. The topological polar surface area (TPSA) is 106 Å². The van der Waals surface area contributed by atoms with Gasteiger partial charge in [-0.15, -0.1) is 0 Å². The zero-order valence-electron chi connectivity index (χ0n) is 25.3. The van der Waals surface area contributed by atoms with E-state index in [2.05, 4.69) is 10.1 Å². The largest absolute Gasteiger partial charge is 0.497 e. The number of aromatic nitrogens is 3. The molecule has 0 aliphatic carbocycles. The van der Waals surface area contributed by atoms with Gasteiger partial charge >= 0.3 is 0 Å². The highest BCUT2D eigenvalue weighted by atomic mass is 35.5. The Kier molecular flexibility index (Phi) is 9.65. The number of ether oxygens (including phenoxy) is 3. The van der Waals surface area contributed by atoms with Crippen molar-refractivity contribution in [2.45, 2.75) is 33.1 Å². The molecule has 45 heavy (non-hydrogen) atoms. The Balaban J connectivity index is 1.54. The third-order valence-electron chi connectivity index (χ3n) is 7.54. The molecule has 2 heterocycles. The van der Waals surface area contributed by atoms with E-state index in [1.54, 1.807) is 65.2 Å². The Hall–Kier alpha value is -4.93. The number of hydrogen-bond acceptors (Lipinski definition) is 7. The van der Waals surface area contributed by atoms with Crippen LogP contribution in [0.3, 0.4) is 0 Å². The van der Waals surface area contributed by atoms with Gasteiger partial charge in [-0.05, 0) is 73.0 Å². The molecule has 0 spiro atoms. The van der Waals surface area contributed by atoms with Gasteiger partial charge in [0.1, 0.15) is 34.5 Å². The molecule has 2 aromatic heterocycles. The van der Waals surface area contributed by atoms with Gasteiger partial charge < -0.3 is 24.6 Å². The average Bonchev–Trinajstić information content (AvgIpc) is 3.39. The second kappa shape index (κ2) is 13.8. The summed E-state index contributed by atoms with van der Waals surface area (Å²) < 4.78 is 33.9. The van der Waals surface area contributed by atoms with Gasteiger partial charge in [-0.25, -0.2) is 9.37 Å². The van der Waals surface area contributed by atoms with Crippen molar-refractivity contribution in [3.63, 3.8) is 0 Å². The van der Waals surface area contributed by atoms with Gasteiger partial charge in [-0.2, -0.15) is 5.10 Å². The van der Waals surface area contributed by atoms with Crippen LogP contribution in [0.25, 0.3) is 5.69 Å². The molecule has 0 aliphatic rings. The minimum absolute atomic E-state index is 0.202. The first-order valence-electron chi connectivity index (χ1n) is 14.1. The van der Waals surface area contributed by atoms with Crippen LogP contribution in [0.2, 0.25) is 5.15 Å². The number of aryl methyl sites for hydroxylation is 1. The van der Waals surface area contributed by atoms with Gasteiger partial charge in [0.05, 0.1) is 50.4 Å². The molecule has 0 aliphatic heterocycles. The molecular formula is C34H33ClFN5O4. The van der Waals surface area contributed by atoms with Gasteiger partial charge in [0.25, 0.3) is 5.56 Å². The molecule has 0 radical (unpaired) electrons.